The highest BCUT2D eigenvalue weighted by Crippen LogP contribution is 2.21. The molecule has 3 aromatic rings. The van der Waals surface area contributed by atoms with Crippen molar-refractivity contribution in [1.82, 2.24) is 9.55 Å². The molecule has 1 N–H and O–H groups in total. The van der Waals surface area contributed by atoms with Crippen molar-refractivity contribution in [3.8, 4) is 17.3 Å². The average molecular weight is 393 g/mol. The minimum Gasteiger partial charge on any atom is -0.323 e. The van der Waals surface area contributed by atoms with Crippen molar-refractivity contribution in [1.29, 1.82) is 5.26 Å². The molecule has 0 saturated carbocycles. The van der Waals surface area contributed by atoms with Gasteiger partial charge in [-0.05, 0) is 18.2 Å². The van der Waals surface area contributed by atoms with Crippen LogP contribution in [0, 0.1) is 27.3 Å². The number of non-ortho nitro benzene ring substituents is 1. The number of rotatable bonds is 5. The van der Waals surface area contributed by atoms with E-state index in [1.165, 1.54) is 24.3 Å². The molecule has 1 aromatic heterocycles. The molecular formula is C19H12FN5O4. The highest BCUT2D eigenvalue weighted by atomic mass is 19.1. The Morgan fingerprint density at radius 3 is 2.69 bits per heavy atom. The minimum atomic E-state index is -0.658. The molecule has 0 aliphatic heterocycles. The van der Waals surface area contributed by atoms with E-state index in [9.17, 15) is 24.1 Å². The van der Waals surface area contributed by atoms with Gasteiger partial charge in [0.05, 0.1) is 28.2 Å². The number of nitrogens with zero attached hydrogens (tertiary/aromatic N) is 4. The molecule has 0 bridgehead atoms. The second-order valence-electron chi connectivity index (χ2n) is 5.87. The molecule has 2 aromatic carbocycles. The van der Waals surface area contributed by atoms with Gasteiger partial charge in [0.2, 0.25) is 5.91 Å². The van der Waals surface area contributed by atoms with Gasteiger partial charge in [0, 0.05) is 23.8 Å². The number of nitrogens with one attached hydrogen (secondary N) is 1. The minimum absolute atomic E-state index is 0.0760. The number of halogens is 1. The van der Waals surface area contributed by atoms with E-state index >= 15 is 0 Å². The summed E-state index contributed by atoms with van der Waals surface area (Å²) in [4.78, 5) is 38.6. The monoisotopic (exact) mass is 393 g/mol. The van der Waals surface area contributed by atoms with E-state index < -0.39 is 28.8 Å². The first-order valence-electron chi connectivity index (χ1n) is 8.19. The van der Waals surface area contributed by atoms with Gasteiger partial charge in [0.25, 0.3) is 11.2 Å². The number of aromatic nitrogens is 2. The van der Waals surface area contributed by atoms with Gasteiger partial charge in [-0.1, -0.05) is 12.1 Å². The number of carbonyl (C=O) groups is 1. The zero-order valence-corrected chi connectivity index (χ0v) is 14.7. The van der Waals surface area contributed by atoms with Crippen molar-refractivity contribution in [3.05, 3.63) is 86.7 Å². The summed E-state index contributed by atoms with van der Waals surface area (Å²) in [7, 11) is 0. The Labute approximate surface area is 162 Å². The number of anilines is 1. The Morgan fingerprint density at radius 2 is 2.03 bits per heavy atom. The maximum absolute atomic E-state index is 13.8. The normalized spacial score (nSPS) is 10.2. The summed E-state index contributed by atoms with van der Waals surface area (Å²) in [5.41, 5.74) is -0.584. The number of nitro benzene ring substituents is 1. The van der Waals surface area contributed by atoms with Crippen LogP contribution in [0.15, 0.2) is 59.7 Å². The van der Waals surface area contributed by atoms with Crippen molar-refractivity contribution in [2.24, 2.45) is 0 Å². The number of benzene rings is 2. The van der Waals surface area contributed by atoms with Crippen LogP contribution in [0.1, 0.15) is 5.56 Å². The second-order valence-corrected chi connectivity index (χ2v) is 5.87. The zero-order valence-electron chi connectivity index (χ0n) is 14.7. The molecular weight excluding hydrogens is 381 g/mol. The molecule has 10 heteroatoms. The lowest BCUT2D eigenvalue weighted by atomic mass is 10.1. The number of hydrogen-bond acceptors (Lipinski definition) is 6. The van der Waals surface area contributed by atoms with E-state index in [-0.39, 0.29) is 28.2 Å². The number of amides is 1. The smallest absolute Gasteiger partial charge is 0.270 e. The molecule has 0 spiro atoms. The van der Waals surface area contributed by atoms with Gasteiger partial charge in [-0.25, -0.2) is 9.37 Å². The summed E-state index contributed by atoms with van der Waals surface area (Å²) in [6.07, 6.45) is 1.12. The van der Waals surface area contributed by atoms with Crippen LogP contribution in [0.2, 0.25) is 0 Å². The molecule has 0 unspecified atom stereocenters. The molecule has 0 atom stereocenters. The predicted molar refractivity (Wildman–Crippen MR) is 100 cm³/mol. The topological polar surface area (TPSA) is 131 Å². The van der Waals surface area contributed by atoms with E-state index in [4.69, 9.17) is 5.26 Å². The predicted octanol–water partition coefficient (Wildman–Crippen LogP) is 2.47. The summed E-state index contributed by atoms with van der Waals surface area (Å²) < 4.78 is 14.8. The first-order valence-corrected chi connectivity index (χ1v) is 8.19. The quantitative estimate of drug-likeness (QED) is 0.523. The summed E-state index contributed by atoms with van der Waals surface area (Å²) in [5, 5.41) is 22.3. The summed E-state index contributed by atoms with van der Waals surface area (Å²) in [6.45, 7) is -0.411. The lowest BCUT2D eigenvalue weighted by molar-refractivity contribution is -0.384. The number of carbonyl (C=O) groups excluding carboxylic acids is 1. The van der Waals surface area contributed by atoms with Crippen LogP contribution < -0.4 is 10.9 Å². The van der Waals surface area contributed by atoms with Crippen molar-refractivity contribution >= 4 is 17.3 Å². The maximum Gasteiger partial charge on any atom is 0.270 e. The van der Waals surface area contributed by atoms with Gasteiger partial charge in [-0.15, -0.1) is 0 Å². The number of nitro groups is 1. The molecule has 0 fully saturated rings. The molecule has 3 rings (SSSR count). The van der Waals surface area contributed by atoms with Crippen LogP contribution in [0.25, 0.3) is 11.3 Å². The molecule has 0 radical (unpaired) electrons. The van der Waals surface area contributed by atoms with Gasteiger partial charge < -0.3 is 5.32 Å². The fourth-order valence-electron chi connectivity index (χ4n) is 2.55. The van der Waals surface area contributed by atoms with Gasteiger partial charge in [-0.2, -0.15) is 5.26 Å². The molecule has 144 valence electrons. The third kappa shape index (κ3) is 4.30. The SMILES string of the molecule is N#Cc1cc([N+](=O)[O-])ccc1NC(=O)Cn1cnc(-c2ccccc2F)cc1=O. The molecule has 0 aliphatic carbocycles. The Bertz CT molecular complexity index is 1220. The highest BCUT2D eigenvalue weighted by molar-refractivity contribution is 5.92. The van der Waals surface area contributed by atoms with Crippen LogP contribution in [-0.4, -0.2) is 20.4 Å². The van der Waals surface area contributed by atoms with Crippen LogP contribution >= 0.6 is 0 Å². The first-order chi connectivity index (χ1) is 13.9. The fourth-order valence-corrected chi connectivity index (χ4v) is 2.55. The van der Waals surface area contributed by atoms with E-state index in [0.29, 0.717) is 0 Å². The molecule has 1 heterocycles. The highest BCUT2D eigenvalue weighted by Gasteiger charge is 2.14. The van der Waals surface area contributed by atoms with Crippen LogP contribution in [0.5, 0.6) is 0 Å². The number of hydrogen-bond donors (Lipinski definition) is 1. The van der Waals surface area contributed by atoms with E-state index in [1.807, 2.05) is 0 Å². The molecule has 0 aliphatic rings. The first kappa shape index (κ1) is 19.4. The largest absolute Gasteiger partial charge is 0.323 e. The lowest BCUT2D eigenvalue weighted by Gasteiger charge is -2.09. The zero-order chi connectivity index (χ0) is 21.0. The van der Waals surface area contributed by atoms with Gasteiger partial charge in [-0.3, -0.25) is 24.3 Å². The standard InChI is InChI=1S/C19H12FN5O4/c20-15-4-2-1-3-14(15)17-8-19(27)24(11-22-17)10-18(26)23-16-6-5-13(25(28)29)7-12(16)9-21/h1-8,11H,10H2,(H,23,26). The summed E-state index contributed by atoms with van der Waals surface area (Å²) >= 11 is 0. The lowest BCUT2D eigenvalue weighted by Crippen LogP contribution is -2.27. The molecule has 9 nitrogen and oxygen atoms in total. The molecule has 1 amide bonds. The Hall–Kier alpha value is -4.39. The third-order valence-electron chi connectivity index (χ3n) is 3.95. The van der Waals surface area contributed by atoms with Crippen molar-refractivity contribution in [2.45, 2.75) is 6.54 Å². The van der Waals surface area contributed by atoms with Gasteiger partial charge >= 0.3 is 0 Å². The Morgan fingerprint density at radius 1 is 1.28 bits per heavy atom. The average Bonchev–Trinajstić information content (AvgIpc) is 2.70. The van der Waals surface area contributed by atoms with E-state index in [0.717, 1.165) is 29.1 Å². The fraction of sp³-hybridized carbons (Fsp3) is 0.0526. The third-order valence-corrected chi connectivity index (χ3v) is 3.95. The van der Waals surface area contributed by atoms with Crippen molar-refractivity contribution in [3.63, 3.8) is 0 Å². The summed E-state index contributed by atoms with van der Waals surface area (Å²) in [5.74, 6) is -1.17. The van der Waals surface area contributed by atoms with E-state index in [1.54, 1.807) is 12.1 Å². The van der Waals surface area contributed by atoms with E-state index in [2.05, 4.69) is 10.3 Å². The Balaban J connectivity index is 1.78. The number of nitriles is 1. The summed E-state index contributed by atoms with van der Waals surface area (Å²) in [6, 6.07) is 12.1. The van der Waals surface area contributed by atoms with Crippen molar-refractivity contribution < 1.29 is 14.1 Å². The molecule has 29 heavy (non-hydrogen) atoms. The van der Waals surface area contributed by atoms with Gasteiger partial charge in [0.1, 0.15) is 18.4 Å². The van der Waals surface area contributed by atoms with Crippen molar-refractivity contribution in [2.75, 3.05) is 5.32 Å². The van der Waals surface area contributed by atoms with Crippen LogP contribution in [0.3, 0.4) is 0 Å². The van der Waals surface area contributed by atoms with Crippen LogP contribution in [0.4, 0.5) is 15.8 Å². The van der Waals surface area contributed by atoms with Crippen LogP contribution in [-0.2, 0) is 11.3 Å². The second kappa shape index (κ2) is 8.10. The molecule has 0 saturated heterocycles. The maximum atomic E-state index is 13.8. The van der Waals surface area contributed by atoms with Gasteiger partial charge in [0.15, 0.2) is 0 Å². The Kier molecular flexibility index (Phi) is 5.41.